The zero-order valence-electron chi connectivity index (χ0n) is 14.3. The first kappa shape index (κ1) is 14.7. The quantitative estimate of drug-likeness (QED) is 0.550. The summed E-state index contributed by atoms with van der Waals surface area (Å²) >= 11 is 0. The van der Waals surface area contributed by atoms with Crippen LogP contribution in [0.5, 0.6) is 0 Å². The number of hydrogen-bond acceptors (Lipinski definition) is 0. The maximum absolute atomic E-state index is 2.72. The van der Waals surface area contributed by atoms with Crippen molar-refractivity contribution >= 4 is 8.07 Å². The third-order valence-electron chi connectivity index (χ3n) is 7.36. The van der Waals surface area contributed by atoms with E-state index < -0.39 is 8.07 Å². The van der Waals surface area contributed by atoms with Gasteiger partial charge >= 0.3 is 0 Å². The van der Waals surface area contributed by atoms with Crippen LogP contribution >= 0.6 is 0 Å². The lowest BCUT2D eigenvalue weighted by Crippen LogP contribution is -2.44. The van der Waals surface area contributed by atoms with E-state index in [1.165, 1.54) is 19.3 Å². The molecule has 4 rings (SSSR count). The van der Waals surface area contributed by atoms with Gasteiger partial charge in [-0.15, -0.1) is 0 Å². The van der Waals surface area contributed by atoms with E-state index in [1.54, 1.807) is 0 Å². The normalized spacial score (nSPS) is 46.0. The van der Waals surface area contributed by atoms with Crippen LogP contribution in [0.25, 0.3) is 0 Å². The molecule has 0 nitrogen and oxygen atoms in total. The van der Waals surface area contributed by atoms with E-state index in [0.717, 1.165) is 40.7 Å². The van der Waals surface area contributed by atoms with Gasteiger partial charge in [-0.2, -0.15) is 0 Å². The second kappa shape index (κ2) is 5.37. The van der Waals surface area contributed by atoms with E-state index in [9.17, 15) is 0 Å². The number of hydrogen-bond donors (Lipinski definition) is 0. The highest BCUT2D eigenvalue weighted by Gasteiger charge is 2.54. The summed E-state index contributed by atoms with van der Waals surface area (Å²) in [6.07, 6.45) is 23.6. The smallest absolute Gasteiger partial charge is 0.0550 e. The molecule has 0 aliphatic heterocycles. The fourth-order valence-electron chi connectivity index (χ4n) is 6.55. The molecule has 0 saturated heterocycles. The molecule has 0 aromatic rings. The molecule has 4 aliphatic carbocycles. The number of allylic oxidation sites excluding steroid dienone is 8. The Morgan fingerprint density at radius 1 is 0.773 bits per heavy atom. The van der Waals surface area contributed by atoms with Crippen molar-refractivity contribution in [3.63, 3.8) is 0 Å². The molecule has 0 spiro atoms. The monoisotopic (exact) mass is 310 g/mol. The van der Waals surface area contributed by atoms with Gasteiger partial charge in [0.1, 0.15) is 0 Å². The number of fused-ring (bicyclic) bond motifs is 2. The summed E-state index contributed by atoms with van der Waals surface area (Å²) in [6.45, 7) is 7.99. The van der Waals surface area contributed by atoms with Gasteiger partial charge in [-0.1, -0.05) is 75.0 Å². The molecule has 0 amide bonds. The van der Waals surface area contributed by atoms with Crippen LogP contribution < -0.4 is 0 Å². The minimum Gasteiger partial charge on any atom is -0.0808 e. The highest BCUT2D eigenvalue weighted by Crippen LogP contribution is 2.60. The lowest BCUT2D eigenvalue weighted by atomic mass is 9.91. The van der Waals surface area contributed by atoms with Gasteiger partial charge in [-0.05, 0) is 53.5 Å². The van der Waals surface area contributed by atoms with Crippen molar-refractivity contribution in [2.45, 2.75) is 50.4 Å². The standard InChI is InChI=1S/C21H30Si/c1-15-14-17-9-5-7-11-19(17)21(15)22(2,3)20-13-12-16-8-4-6-10-18(16)20/h4-11,15-21H,12-14H2,1-3H3/t15?,16?,17-,18?,19?,20?,21?/m1/s1. The molecule has 0 aromatic heterocycles. The fraction of sp³-hybridized carbons (Fsp3) is 0.619. The summed E-state index contributed by atoms with van der Waals surface area (Å²) in [6, 6.07) is 0. The summed E-state index contributed by atoms with van der Waals surface area (Å²) in [7, 11) is -1.29. The highest BCUT2D eigenvalue weighted by molar-refractivity contribution is 6.80. The van der Waals surface area contributed by atoms with Gasteiger partial charge in [-0.25, -0.2) is 0 Å². The summed E-state index contributed by atoms with van der Waals surface area (Å²) in [5, 5.41) is 0. The van der Waals surface area contributed by atoms with Crippen LogP contribution in [-0.4, -0.2) is 8.07 Å². The predicted octanol–water partition coefficient (Wildman–Crippen LogP) is 5.99. The first-order valence-corrected chi connectivity index (χ1v) is 12.4. The maximum atomic E-state index is 2.72. The molecule has 1 heteroatoms. The van der Waals surface area contributed by atoms with Crippen molar-refractivity contribution in [3.8, 4) is 0 Å². The van der Waals surface area contributed by atoms with Gasteiger partial charge in [0, 0.05) is 0 Å². The molecule has 2 saturated carbocycles. The average Bonchev–Trinajstić information content (AvgIpc) is 3.07. The van der Waals surface area contributed by atoms with Crippen LogP contribution in [0, 0.1) is 29.6 Å². The summed E-state index contributed by atoms with van der Waals surface area (Å²) in [5.41, 5.74) is 1.96. The zero-order chi connectivity index (χ0) is 15.3. The third-order valence-corrected chi connectivity index (χ3v) is 12.6. The van der Waals surface area contributed by atoms with Gasteiger partial charge < -0.3 is 0 Å². The van der Waals surface area contributed by atoms with Crippen LogP contribution in [-0.2, 0) is 0 Å². The molecule has 0 N–H and O–H groups in total. The van der Waals surface area contributed by atoms with Crippen LogP contribution in [0.1, 0.15) is 26.2 Å². The maximum Gasteiger partial charge on any atom is 0.0550 e. The lowest BCUT2D eigenvalue weighted by molar-refractivity contribution is 0.506. The van der Waals surface area contributed by atoms with Crippen molar-refractivity contribution < 1.29 is 0 Å². The van der Waals surface area contributed by atoms with E-state index in [1.807, 2.05) is 0 Å². The molecule has 0 heterocycles. The van der Waals surface area contributed by atoms with Crippen molar-refractivity contribution in [2.75, 3.05) is 0 Å². The average molecular weight is 311 g/mol. The lowest BCUT2D eigenvalue weighted by Gasteiger charge is -2.44. The Bertz CT molecular complexity index is 550. The largest absolute Gasteiger partial charge is 0.0808 e. The highest BCUT2D eigenvalue weighted by atomic mass is 28.3. The zero-order valence-corrected chi connectivity index (χ0v) is 15.3. The molecular formula is C21H30Si. The van der Waals surface area contributed by atoms with Gasteiger partial charge in [0.25, 0.3) is 0 Å². The Hall–Kier alpha value is -0.823. The molecule has 2 fully saturated rings. The SMILES string of the molecule is CC1C[C@H]2C=CC=CC2C1[Si](C)(C)C1CCC2C=CC=CC21. The molecule has 0 aromatic carbocycles. The van der Waals surface area contributed by atoms with E-state index in [-0.39, 0.29) is 0 Å². The Morgan fingerprint density at radius 2 is 1.41 bits per heavy atom. The molecule has 7 atom stereocenters. The number of rotatable bonds is 2. The Balaban J connectivity index is 1.63. The topological polar surface area (TPSA) is 0 Å². The first-order chi connectivity index (χ1) is 10.6. The Labute approximate surface area is 137 Å². The fourth-order valence-corrected chi connectivity index (χ4v) is 12.3. The predicted molar refractivity (Wildman–Crippen MR) is 98.5 cm³/mol. The third kappa shape index (κ3) is 2.16. The van der Waals surface area contributed by atoms with Crippen LogP contribution in [0.4, 0.5) is 0 Å². The van der Waals surface area contributed by atoms with Crippen molar-refractivity contribution in [2.24, 2.45) is 29.6 Å². The molecule has 0 bridgehead atoms. The minimum atomic E-state index is -1.29. The second-order valence-electron chi connectivity index (χ2n) is 8.77. The molecular weight excluding hydrogens is 280 g/mol. The summed E-state index contributed by atoms with van der Waals surface area (Å²) in [5.74, 6) is 4.27. The minimum absolute atomic E-state index is 0.829. The Kier molecular flexibility index (Phi) is 3.60. The van der Waals surface area contributed by atoms with E-state index in [2.05, 4.69) is 68.6 Å². The second-order valence-corrected chi connectivity index (χ2v) is 13.8. The van der Waals surface area contributed by atoms with Gasteiger partial charge in [0.05, 0.1) is 8.07 Å². The van der Waals surface area contributed by atoms with Crippen LogP contribution in [0.15, 0.2) is 48.6 Å². The molecule has 118 valence electrons. The summed E-state index contributed by atoms with van der Waals surface area (Å²) in [4.78, 5) is 0. The van der Waals surface area contributed by atoms with Crippen molar-refractivity contribution in [1.82, 2.24) is 0 Å². The summed E-state index contributed by atoms with van der Waals surface area (Å²) < 4.78 is 0. The van der Waals surface area contributed by atoms with Crippen LogP contribution in [0.2, 0.25) is 24.2 Å². The molecule has 22 heavy (non-hydrogen) atoms. The molecule has 4 aliphatic rings. The van der Waals surface area contributed by atoms with Crippen molar-refractivity contribution in [1.29, 1.82) is 0 Å². The van der Waals surface area contributed by atoms with Gasteiger partial charge in [0.2, 0.25) is 0 Å². The van der Waals surface area contributed by atoms with Crippen LogP contribution in [0.3, 0.4) is 0 Å². The van der Waals surface area contributed by atoms with Crippen molar-refractivity contribution in [3.05, 3.63) is 48.6 Å². The van der Waals surface area contributed by atoms with Gasteiger partial charge in [0.15, 0.2) is 0 Å². The Morgan fingerprint density at radius 3 is 2.18 bits per heavy atom. The molecule has 0 radical (unpaired) electrons. The van der Waals surface area contributed by atoms with E-state index >= 15 is 0 Å². The first-order valence-electron chi connectivity index (χ1n) is 9.29. The van der Waals surface area contributed by atoms with E-state index in [0.29, 0.717) is 0 Å². The van der Waals surface area contributed by atoms with E-state index in [4.69, 9.17) is 0 Å². The van der Waals surface area contributed by atoms with Gasteiger partial charge in [-0.3, -0.25) is 0 Å². The molecule has 6 unspecified atom stereocenters.